The third-order valence-electron chi connectivity index (χ3n) is 3.99. The standard InChI is InChI=1S/C15H21N5O/c1-3-4-10-20-13-12(11-16-18(2)14(13)21)17-15(20)19-8-6-5-7-9-19/h3-4,11H,5-10H2,1-2H3. The van der Waals surface area contributed by atoms with Crippen LogP contribution in [0, 0.1) is 0 Å². The first-order valence-electron chi connectivity index (χ1n) is 7.51. The van der Waals surface area contributed by atoms with Crippen LogP contribution in [-0.4, -0.2) is 32.4 Å². The number of allylic oxidation sites excluding steroid dienone is 2. The summed E-state index contributed by atoms with van der Waals surface area (Å²) in [6.07, 6.45) is 9.36. The lowest BCUT2D eigenvalue weighted by Gasteiger charge is -2.28. The molecule has 2 aromatic rings. The van der Waals surface area contributed by atoms with Gasteiger partial charge in [-0.05, 0) is 26.2 Å². The second kappa shape index (κ2) is 5.71. The van der Waals surface area contributed by atoms with Gasteiger partial charge in [0.1, 0.15) is 11.0 Å². The summed E-state index contributed by atoms with van der Waals surface area (Å²) in [6, 6.07) is 0. The lowest BCUT2D eigenvalue weighted by atomic mass is 10.1. The van der Waals surface area contributed by atoms with Crippen molar-refractivity contribution in [3.05, 3.63) is 28.7 Å². The summed E-state index contributed by atoms with van der Waals surface area (Å²) in [6.45, 7) is 4.66. The van der Waals surface area contributed by atoms with Crippen LogP contribution in [0.4, 0.5) is 5.95 Å². The summed E-state index contributed by atoms with van der Waals surface area (Å²) in [4.78, 5) is 19.4. The third kappa shape index (κ3) is 2.46. The highest BCUT2D eigenvalue weighted by Crippen LogP contribution is 2.23. The maximum atomic E-state index is 12.4. The fourth-order valence-corrected chi connectivity index (χ4v) is 2.84. The molecule has 3 rings (SSSR count). The summed E-state index contributed by atoms with van der Waals surface area (Å²) in [7, 11) is 1.68. The molecule has 1 saturated heterocycles. The van der Waals surface area contributed by atoms with E-state index in [-0.39, 0.29) is 5.56 Å². The van der Waals surface area contributed by atoms with E-state index in [2.05, 4.69) is 21.1 Å². The third-order valence-corrected chi connectivity index (χ3v) is 3.99. The van der Waals surface area contributed by atoms with E-state index in [1.807, 2.05) is 17.6 Å². The normalized spacial score (nSPS) is 16.2. The van der Waals surface area contributed by atoms with Gasteiger partial charge in [0.2, 0.25) is 5.95 Å². The molecule has 0 aliphatic carbocycles. The zero-order valence-corrected chi connectivity index (χ0v) is 12.6. The van der Waals surface area contributed by atoms with Crippen molar-refractivity contribution in [3.8, 4) is 0 Å². The van der Waals surface area contributed by atoms with Crippen LogP contribution in [0.1, 0.15) is 26.2 Å². The molecule has 112 valence electrons. The average molecular weight is 287 g/mol. The molecule has 21 heavy (non-hydrogen) atoms. The fourth-order valence-electron chi connectivity index (χ4n) is 2.84. The van der Waals surface area contributed by atoms with Crippen molar-refractivity contribution in [2.45, 2.75) is 32.7 Å². The molecule has 2 aromatic heterocycles. The molecule has 0 atom stereocenters. The number of nitrogens with zero attached hydrogens (tertiary/aromatic N) is 5. The van der Waals surface area contributed by atoms with Gasteiger partial charge < -0.3 is 9.47 Å². The Hall–Kier alpha value is -2.11. The Kier molecular flexibility index (Phi) is 3.77. The van der Waals surface area contributed by atoms with Crippen LogP contribution < -0.4 is 10.5 Å². The molecule has 6 nitrogen and oxygen atoms in total. The highest BCUT2D eigenvalue weighted by atomic mass is 16.1. The van der Waals surface area contributed by atoms with E-state index in [0.29, 0.717) is 17.6 Å². The smallest absolute Gasteiger partial charge is 0.292 e. The van der Waals surface area contributed by atoms with Crippen molar-refractivity contribution in [3.63, 3.8) is 0 Å². The maximum Gasteiger partial charge on any atom is 0.292 e. The molecule has 1 aliphatic heterocycles. The molecule has 3 heterocycles. The summed E-state index contributed by atoms with van der Waals surface area (Å²) in [5.74, 6) is 0.896. The number of anilines is 1. The van der Waals surface area contributed by atoms with Crippen LogP contribution in [0.3, 0.4) is 0 Å². The zero-order chi connectivity index (χ0) is 14.8. The fraction of sp³-hybridized carbons (Fsp3) is 0.533. The van der Waals surface area contributed by atoms with Gasteiger partial charge in [-0.3, -0.25) is 4.79 Å². The van der Waals surface area contributed by atoms with E-state index in [4.69, 9.17) is 0 Å². The number of rotatable bonds is 3. The lowest BCUT2D eigenvalue weighted by Crippen LogP contribution is -2.32. The predicted molar refractivity (Wildman–Crippen MR) is 83.6 cm³/mol. The van der Waals surface area contributed by atoms with Crippen LogP contribution in [0.15, 0.2) is 23.1 Å². The minimum Gasteiger partial charge on any atom is -0.342 e. The van der Waals surface area contributed by atoms with E-state index in [1.165, 1.54) is 23.9 Å². The quantitative estimate of drug-likeness (QED) is 0.806. The van der Waals surface area contributed by atoms with Crippen molar-refractivity contribution in [1.29, 1.82) is 0 Å². The molecule has 0 amide bonds. The molecule has 0 radical (unpaired) electrons. The molecule has 0 saturated carbocycles. The number of piperidine rings is 1. The lowest BCUT2D eigenvalue weighted by molar-refractivity contribution is 0.560. The molecule has 0 spiro atoms. The van der Waals surface area contributed by atoms with Gasteiger partial charge in [0.25, 0.3) is 5.56 Å². The Morgan fingerprint density at radius 3 is 2.76 bits per heavy atom. The Morgan fingerprint density at radius 1 is 1.29 bits per heavy atom. The SMILES string of the molecule is CC=CCn1c(N2CCCCC2)nc2cnn(C)c(=O)c21. The molecular formula is C15H21N5O. The second-order valence-corrected chi connectivity index (χ2v) is 5.45. The molecule has 1 aliphatic rings. The largest absolute Gasteiger partial charge is 0.342 e. The van der Waals surface area contributed by atoms with Crippen LogP contribution >= 0.6 is 0 Å². The van der Waals surface area contributed by atoms with Gasteiger partial charge in [0.15, 0.2) is 0 Å². The zero-order valence-electron chi connectivity index (χ0n) is 12.6. The Balaban J connectivity index is 2.18. The number of hydrogen-bond acceptors (Lipinski definition) is 4. The molecule has 1 fully saturated rings. The van der Waals surface area contributed by atoms with E-state index >= 15 is 0 Å². The highest BCUT2D eigenvalue weighted by molar-refractivity contribution is 5.77. The summed E-state index contributed by atoms with van der Waals surface area (Å²) in [5, 5.41) is 4.08. The monoisotopic (exact) mass is 287 g/mol. The first-order valence-corrected chi connectivity index (χ1v) is 7.51. The van der Waals surface area contributed by atoms with Crippen LogP contribution in [0.2, 0.25) is 0 Å². The second-order valence-electron chi connectivity index (χ2n) is 5.45. The molecule has 0 N–H and O–H groups in total. The molecule has 0 unspecified atom stereocenters. The summed E-state index contributed by atoms with van der Waals surface area (Å²) >= 11 is 0. The first kappa shape index (κ1) is 13.9. The average Bonchev–Trinajstić information content (AvgIpc) is 2.89. The van der Waals surface area contributed by atoms with Gasteiger partial charge in [-0.2, -0.15) is 5.10 Å². The van der Waals surface area contributed by atoms with Gasteiger partial charge in [-0.15, -0.1) is 0 Å². The minimum atomic E-state index is -0.0900. The van der Waals surface area contributed by atoms with Gasteiger partial charge in [0, 0.05) is 26.7 Å². The van der Waals surface area contributed by atoms with Crippen molar-refractivity contribution in [2.75, 3.05) is 18.0 Å². The number of aromatic nitrogens is 4. The Bertz CT molecular complexity index is 721. The first-order chi connectivity index (χ1) is 10.2. The van der Waals surface area contributed by atoms with E-state index < -0.39 is 0 Å². The van der Waals surface area contributed by atoms with Gasteiger partial charge in [-0.1, -0.05) is 12.2 Å². The van der Waals surface area contributed by atoms with Gasteiger partial charge in [0.05, 0.1) is 6.20 Å². The topological polar surface area (TPSA) is 56.0 Å². The van der Waals surface area contributed by atoms with Crippen LogP contribution in [0.5, 0.6) is 0 Å². The van der Waals surface area contributed by atoms with Crippen LogP contribution in [0.25, 0.3) is 11.0 Å². The minimum absolute atomic E-state index is 0.0900. The number of fused-ring (bicyclic) bond motifs is 1. The maximum absolute atomic E-state index is 12.4. The molecular weight excluding hydrogens is 266 g/mol. The van der Waals surface area contributed by atoms with Crippen LogP contribution in [-0.2, 0) is 13.6 Å². The Morgan fingerprint density at radius 2 is 2.05 bits per heavy atom. The van der Waals surface area contributed by atoms with Gasteiger partial charge >= 0.3 is 0 Å². The van der Waals surface area contributed by atoms with Crippen molar-refractivity contribution >= 4 is 17.0 Å². The Labute approximate surface area is 123 Å². The molecule has 0 bridgehead atoms. The van der Waals surface area contributed by atoms with E-state index in [1.54, 1.807) is 13.2 Å². The predicted octanol–water partition coefficient (Wildman–Crippen LogP) is 1.70. The van der Waals surface area contributed by atoms with Crippen molar-refractivity contribution < 1.29 is 0 Å². The highest BCUT2D eigenvalue weighted by Gasteiger charge is 2.20. The van der Waals surface area contributed by atoms with Gasteiger partial charge in [-0.25, -0.2) is 9.67 Å². The van der Waals surface area contributed by atoms with E-state index in [9.17, 15) is 4.79 Å². The van der Waals surface area contributed by atoms with E-state index in [0.717, 1.165) is 19.0 Å². The molecule has 6 heteroatoms. The number of imidazole rings is 1. The van der Waals surface area contributed by atoms with Crippen molar-refractivity contribution in [2.24, 2.45) is 7.05 Å². The molecule has 0 aromatic carbocycles. The van der Waals surface area contributed by atoms with Crippen molar-refractivity contribution in [1.82, 2.24) is 19.3 Å². The number of hydrogen-bond donors (Lipinski definition) is 0. The summed E-state index contributed by atoms with van der Waals surface area (Å²) < 4.78 is 3.39. The summed E-state index contributed by atoms with van der Waals surface area (Å²) in [5.41, 5.74) is 1.24. The number of aryl methyl sites for hydroxylation is 1.